The molecular weight excluding hydrogens is 324 g/mol. The van der Waals surface area contributed by atoms with Crippen molar-refractivity contribution in [3.05, 3.63) is 22.7 Å². The molecular formula is C14H21BrN2O3. The molecule has 5 nitrogen and oxygen atoms in total. The van der Waals surface area contributed by atoms with E-state index in [1.54, 1.807) is 14.2 Å². The van der Waals surface area contributed by atoms with Crippen LogP contribution in [0, 0.1) is 0 Å². The topological polar surface area (TPSA) is 59.6 Å². The third kappa shape index (κ3) is 5.38. The van der Waals surface area contributed by atoms with Gasteiger partial charge in [0, 0.05) is 32.0 Å². The van der Waals surface area contributed by atoms with Gasteiger partial charge in [0.2, 0.25) is 5.91 Å². The van der Waals surface area contributed by atoms with Crippen LogP contribution in [-0.2, 0) is 9.53 Å². The van der Waals surface area contributed by atoms with Crippen molar-refractivity contribution in [3.8, 4) is 5.75 Å². The van der Waals surface area contributed by atoms with Crippen LogP contribution in [0.3, 0.4) is 0 Å². The maximum atomic E-state index is 11.9. The summed E-state index contributed by atoms with van der Waals surface area (Å²) in [5.41, 5.74) is 0.838. The van der Waals surface area contributed by atoms with Gasteiger partial charge < -0.3 is 20.1 Å². The summed E-state index contributed by atoms with van der Waals surface area (Å²) < 4.78 is 11.0. The predicted molar refractivity (Wildman–Crippen MR) is 83.3 cm³/mol. The summed E-state index contributed by atoms with van der Waals surface area (Å²) in [5, 5.41) is 6.00. The second-order valence-electron chi connectivity index (χ2n) is 4.35. The minimum absolute atomic E-state index is 0.0389. The van der Waals surface area contributed by atoms with Gasteiger partial charge in [-0.05, 0) is 41.4 Å². The second kappa shape index (κ2) is 8.81. The summed E-state index contributed by atoms with van der Waals surface area (Å²) in [4.78, 5) is 11.9. The van der Waals surface area contributed by atoms with Gasteiger partial charge in [-0.15, -0.1) is 0 Å². The largest absolute Gasteiger partial charge is 0.495 e. The third-order valence-corrected chi connectivity index (χ3v) is 3.41. The van der Waals surface area contributed by atoms with Gasteiger partial charge in [-0.25, -0.2) is 0 Å². The van der Waals surface area contributed by atoms with E-state index in [9.17, 15) is 4.79 Å². The summed E-state index contributed by atoms with van der Waals surface area (Å²) in [6.07, 6.45) is 0.807. The maximum Gasteiger partial charge on any atom is 0.242 e. The van der Waals surface area contributed by atoms with Crippen molar-refractivity contribution in [1.29, 1.82) is 0 Å². The first-order valence-electron chi connectivity index (χ1n) is 6.45. The average molecular weight is 345 g/mol. The van der Waals surface area contributed by atoms with E-state index in [1.165, 1.54) is 0 Å². The minimum Gasteiger partial charge on any atom is -0.495 e. The standard InChI is InChI=1S/C14H21BrN2O3/c1-10(14(18)16-7-4-8-19-2)17-11-5-6-12(15)13(9-11)20-3/h5-6,9-10,17H,4,7-8H2,1-3H3,(H,16,18). The zero-order chi connectivity index (χ0) is 15.0. The zero-order valence-electron chi connectivity index (χ0n) is 12.0. The molecule has 0 bridgehead atoms. The van der Waals surface area contributed by atoms with E-state index in [1.807, 2.05) is 25.1 Å². The summed E-state index contributed by atoms with van der Waals surface area (Å²) in [6, 6.07) is 5.30. The number of hydrogen-bond donors (Lipinski definition) is 2. The molecule has 0 spiro atoms. The van der Waals surface area contributed by atoms with Crippen molar-refractivity contribution < 1.29 is 14.3 Å². The van der Waals surface area contributed by atoms with Gasteiger partial charge in [0.15, 0.2) is 0 Å². The predicted octanol–water partition coefficient (Wildman–Crippen LogP) is 2.41. The Labute approximate surface area is 128 Å². The van der Waals surface area contributed by atoms with Crippen molar-refractivity contribution >= 4 is 27.5 Å². The maximum absolute atomic E-state index is 11.9. The number of methoxy groups -OCH3 is 2. The highest BCUT2D eigenvalue weighted by Gasteiger charge is 2.12. The Bertz CT molecular complexity index is 440. The molecule has 1 aromatic rings. The molecule has 0 radical (unpaired) electrons. The molecule has 112 valence electrons. The number of benzene rings is 1. The molecule has 0 aromatic heterocycles. The van der Waals surface area contributed by atoms with Gasteiger partial charge in [0.25, 0.3) is 0 Å². The first-order valence-corrected chi connectivity index (χ1v) is 7.24. The summed E-state index contributed by atoms with van der Waals surface area (Å²) in [5.74, 6) is 0.686. The van der Waals surface area contributed by atoms with Gasteiger partial charge in [-0.1, -0.05) is 0 Å². The lowest BCUT2D eigenvalue weighted by atomic mass is 10.2. The van der Waals surface area contributed by atoms with Crippen LogP contribution in [0.2, 0.25) is 0 Å². The van der Waals surface area contributed by atoms with E-state index in [-0.39, 0.29) is 11.9 Å². The average Bonchev–Trinajstić information content (AvgIpc) is 2.45. The fraction of sp³-hybridized carbons (Fsp3) is 0.500. The van der Waals surface area contributed by atoms with Crippen LogP contribution < -0.4 is 15.4 Å². The lowest BCUT2D eigenvalue weighted by molar-refractivity contribution is -0.121. The summed E-state index contributed by atoms with van der Waals surface area (Å²) in [7, 11) is 3.25. The monoisotopic (exact) mass is 344 g/mol. The molecule has 0 saturated carbocycles. The van der Waals surface area contributed by atoms with Crippen LogP contribution >= 0.6 is 15.9 Å². The van der Waals surface area contributed by atoms with Gasteiger partial charge >= 0.3 is 0 Å². The van der Waals surface area contributed by atoms with Gasteiger partial charge in [-0.3, -0.25) is 4.79 Å². The molecule has 6 heteroatoms. The fourth-order valence-electron chi connectivity index (χ4n) is 1.65. The molecule has 0 aliphatic carbocycles. The van der Waals surface area contributed by atoms with Crippen LogP contribution in [0.15, 0.2) is 22.7 Å². The smallest absolute Gasteiger partial charge is 0.242 e. The lowest BCUT2D eigenvalue weighted by Gasteiger charge is -2.16. The van der Waals surface area contributed by atoms with Gasteiger partial charge in [0.1, 0.15) is 11.8 Å². The van der Waals surface area contributed by atoms with Crippen LogP contribution in [0.4, 0.5) is 5.69 Å². The van der Waals surface area contributed by atoms with E-state index in [2.05, 4.69) is 26.6 Å². The molecule has 1 unspecified atom stereocenters. The Morgan fingerprint density at radius 1 is 1.40 bits per heavy atom. The van der Waals surface area contributed by atoms with Crippen molar-refractivity contribution in [1.82, 2.24) is 5.32 Å². The Balaban J connectivity index is 2.48. The number of anilines is 1. The number of halogens is 1. The molecule has 0 saturated heterocycles. The lowest BCUT2D eigenvalue weighted by Crippen LogP contribution is -2.38. The highest BCUT2D eigenvalue weighted by atomic mass is 79.9. The van der Waals surface area contributed by atoms with Crippen LogP contribution in [-0.4, -0.2) is 39.3 Å². The van der Waals surface area contributed by atoms with Crippen molar-refractivity contribution in [2.75, 3.05) is 32.7 Å². The first kappa shape index (κ1) is 16.8. The highest BCUT2D eigenvalue weighted by molar-refractivity contribution is 9.10. The molecule has 1 amide bonds. The zero-order valence-corrected chi connectivity index (χ0v) is 13.6. The molecule has 1 aromatic carbocycles. The van der Waals surface area contributed by atoms with E-state index < -0.39 is 0 Å². The second-order valence-corrected chi connectivity index (χ2v) is 5.21. The van der Waals surface area contributed by atoms with Gasteiger partial charge in [0.05, 0.1) is 11.6 Å². The normalized spacial score (nSPS) is 11.8. The number of amides is 1. The molecule has 20 heavy (non-hydrogen) atoms. The number of rotatable bonds is 8. The third-order valence-electron chi connectivity index (χ3n) is 2.75. The molecule has 1 rings (SSSR count). The fourth-order valence-corrected chi connectivity index (χ4v) is 2.05. The van der Waals surface area contributed by atoms with Crippen LogP contribution in [0.25, 0.3) is 0 Å². The van der Waals surface area contributed by atoms with Crippen molar-refractivity contribution in [3.63, 3.8) is 0 Å². The molecule has 0 fully saturated rings. The molecule has 0 aliphatic rings. The van der Waals surface area contributed by atoms with Crippen molar-refractivity contribution in [2.24, 2.45) is 0 Å². The molecule has 0 aliphatic heterocycles. The molecule has 1 atom stereocenters. The van der Waals surface area contributed by atoms with E-state index in [0.29, 0.717) is 13.2 Å². The van der Waals surface area contributed by atoms with Crippen molar-refractivity contribution in [2.45, 2.75) is 19.4 Å². The van der Waals surface area contributed by atoms with E-state index in [0.717, 1.165) is 22.3 Å². The Hall–Kier alpha value is -1.27. The minimum atomic E-state index is -0.316. The first-order chi connectivity index (χ1) is 9.58. The summed E-state index contributed by atoms with van der Waals surface area (Å²) in [6.45, 7) is 3.08. The van der Waals surface area contributed by atoms with Gasteiger partial charge in [-0.2, -0.15) is 0 Å². The SMILES string of the molecule is COCCCNC(=O)C(C)Nc1ccc(Br)c(OC)c1. The summed E-state index contributed by atoms with van der Waals surface area (Å²) >= 11 is 3.39. The number of ether oxygens (including phenoxy) is 2. The Morgan fingerprint density at radius 3 is 2.80 bits per heavy atom. The number of carbonyl (C=O) groups excluding carboxylic acids is 1. The quantitative estimate of drug-likeness (QED) is 0.711. The van der Waals surface area contributed by atoms with Crippen LogP contribution in [0.1, 0.15) is 13.3 Å². The highest BCUT2D eigenvalue weighted by Crippen LogP contribution is 2.28. The number of hydrogen-bond acceptors (Lipinski definition) is 4. The van der Waals surface area contributed by atoms with E-state index in [4.69, 9.17) is 9.47 Å². The number of carbonyl (C=O) groups is 1. The Kier molecular flexibility index (Phi) is 7.40. The van der Waals surface area contributed by atoms with Crippen LogP contribution in [0.5, 0.6) is 5.75 Å². The van der Waals surface area contributed by atoms with E-state index >= 15 is 0 Å². The number of nitrogens with one attached hydrogen (secondary N) is 2. The Morgan fingerprint density at radius 2 is 2.15 bits per heavy atom. The molecule has 0 heterocycles. The molecule has 2 N–H and O–H groups in total.